The monoisotopic (exact) mass is 315 g/mol. The quantitative estimate of drug-likeness (QED) is 0.645. The van der Waals surface area contributed by atoms with E-state index >= 15 is 0 Å². The number of hydrogen-bond donors (Lipinski definition) is 0. The molecule has 5 nitrogen and oxygen atoms in total. The van der Waals surface area contributed by atoms with Gasteiger partial charge >= 0.3 is 0 Å². The van der Waals surface area contributed by atoms with Crippen LogP contribution in [-0.4, -0.2) is 35.7 Å². The molecule has 0 saturated carbocycles. The van der Waals surface area contributed by atoms with Gasteiger partial charge in [-0.25, -0.2) is 4.98 Å². The Hall–Kier alpha value is -2.08. The van der Waals surface area contributed by atoms with Crippen LogP contribution in [0.25, 0.3) is 11.3 Å². The summed E-state index contributed by atoms with van der Waals surface area (Å²) in [5.41, 5.74) is 1.92. The average molecular weight is 315 g/mol. The fourth-order valence-corrected chi connectivity index (χ4v) is 3.48. The van der Waals surface area contributed by atoms with Gasteiger partial charge in [0.05, 0.1) is 18.4 Å². The first kappa shape index (κ1) is 14.8. The fraction of sp³-hybridized carbons (Fsp3) is 0.312. The van der Waals surface area contributed by atoms with Gasteiger partial charge in [0.15, 0.2) is 5.16 Å². The van der Waals surface area contributed by atoms with E-state index in [0.717, 1.165) is 22.9 Å². The molecular weight excluding hydrogens is 298 g/mol. The maximum Gasteiger partial charge on any atom is 0.263 e. The van der Waals surface area contributed by atoms with E-state index in [1.54, 1.807) is 36.7 Å². The number of methoxy groups -OCH3 is 1. The number of aliphatic imine (C=N–C) groups is 1. The molecule has 0 saturated heterocycles. The third-order valence-electron chi connectivity index (χ3n) is 3.55. The van der Waals surface area contributed by atoms with Crippen LogP contribution >= 0.6 is 11.8 Å². The van der Waals surface area contributed by atoms with E-state index < -0.39 is 0 Å². The average Bonchev–Trinajstić information content (AvgIpc) is 2.57. The molecular formula is C16H17N3O2S. The molecule has 0 amide bonds. The van der Waals surface area contributed by atoms with Crippen molar-refractivity contribution in [1.82, 2.24) is 9.55 Å². The van der Waals surface area contributed by atoms with Crippen LogP contribution in [0.4, 0.5) is 0 Å². The van der Waals surface area contributed by atoms with Crippen molar-refractivity contribution in [1.29, 1.82) is 0 Å². The summed E-state index contributed by atoms with van der Waals surface area (Å²) in [6.45, 7) is 0.713. The lowest BCUT2D eigenvalue weighted by Crippen LogP contribution is -2.29. The van der Waals surface area contributed by atoms with Crippen molar-refractivity contribution in [3.8, 4) is 17.0 Å². The highest BCUT2D eigenvalue weighted by molar-refractivity contribution is 7.99. The largest absolute Gasteiger partial charge is 0.496 e. The van der Waals surface area contributed by atoms with Crippen LogP contribution in [-0.2, 0) is 6.54 Å². The lowest BCUT2D eigenvalue weighted by molar-refractivity contribution is 0.416. The van der Waals surface area contributed by atoms with Gasteiger partial charge in [-0.2, -0.15) is 0 Å². The number of ether oxygens (including phenoxy) is 1. The van der Waals surface area contributed by atoms with E-state index in [0.29, 0.717) is 23.6 Å². The van der Waals surface area contributed by atoms with Crippen molar-refractivity contribution in [3.63, 3.8) is 0 Å². The number of nitrogens with zero attached hydrogens (tertiary/aromatic N) is 3. The lowest BCUT2D eigenvalue weighted by Gasteiger charge is -2.19. The Morgan fingerprint density at radius 1 is 1.41 bits per heavy atom. The molecule has 0 radical (unpaired) electrons. The third kappa shape index (κ3) is 2.54. The molecule has 2 heterocycles. The minimum absolute atomic E-state index is 0.0382. The second-order valence-electron chi connectivity index (χ2n) is 4.90. The lowest BCUT2D eigenvalue weighted by atomic mass is 10.1. The first-order chi connectivity index (χ1) is 10.8. The van der Waals surface area contributed by atoms with E-state index in [2.05, 4.69) is 4.99 Å². The number of aromatic nitrogens is 2. The van der Waals surface area contributed by atoms with E-state index in [-0.39, 0.29) is 5.56 Å². The van der Waals surface area contributed by atoms with Crippen LogP contribution in [0.15, 0.2) is 39.2 Å². The van der Waals surface area contributed by atoms with Crippen LogP contribution in [0.1, 0.15) is 12.0 Å². The Balaban J connectivity index is 2.30. The van der Waals surface area contributed by atoms with Crippen LogP contribution in [0, 0.1) is 0 Å². The van der Waals surface area contributed by atoms with Crippen LogP contribution in [0.2, 0.25) is 0 Å². The van der Waals surface area contributed by atoms with Gasteiger partial charge in [-0.05, 0) is 18.6 Å². The molecule has 6 heteroatoms. The molecule has 0 aliphatic carbocycles. The maximum atomic E-state index is 12.8. The Kier molecular flexibility index (Phi) is 4.29. The molecule has 1 aromatic carbocycles. The molecule has 3 rings (SSSR count). The molecule has 1 aliphatic heterocycles. The molecule has 0 bridgehead atoms. The first-order valence-corrected chi connectivity index (χ1v) is 8.08. The van der Waals surface area contributed by atoms with Gasteiger partial charge in [0.25, 0.3) is 5.56 Å². The van der Waals surface area contributed by atoms with Crippen LogP contribution in [0.3, 0.4) is 0 Å². The van der Waals surface area contributed by atoms with Gasteiger partial charge in [-0.1, -0.05) is 23.9 Å². The van der Waals surface area contributed by atoms with Crippen molar-refractivity contribution in [2.24, 2.45) is 4.99 Å². The van der Waals surface area contributed by atoms with Gasteiger partial charge in [-0.3, -0.25) is 14.4 Å². The molecule has 114 valence electrons. The highest BCUT2D eigenvalue weighted by Gasteiger charge is 2.21. The minimum Gasteiger partial charge on any atom is -0.496 e. The van der Waals surface area contributed by atoms with E-state index in [1.165, 1.54) is 0 Å². The molecule has 22 heavy (non-hydrogen) atoms. The number of thioether (sulfide) groups is 1. The van der Waals surface area contributed by atoms with E-state index in [9.17, 15) is 4.79 Å². The predicted octanol–water partition coefficient (Wildman–Crippen LogP) is 2.46. The van der Waals surface area contributed by atoms with Gasteiger partial charge in [0.1, 0.15) is 5.75 Å². The molecule has 0 spiro atoms. The highest BCUT2D eigenvalue weighted by atomic mass is 32.2. The smallest absolute Gasteiger partial charge is 0.263 e. The topological polar surface area (TPSA) is 56.5 Å². The molecule has 1 aliphatic rings. The number of benzene rings is 1. The molecule has 1 aromatic heterocycles. The van der Waals surface area contributed by atoms with Crippen molar-refractivity contribution >= 4 is 18.0 Å². The van der Waals surface area contributed by atoms with E-state index in [1.807, 2.05) is 24.3 Å². The number of rotatable bonds is 3. The van der Waals surface area contributed by atoms with Crippen LogP contribution in [0.5, 0.6) is 5.75 Å². The first-order valence-electron chi connectivity index (χ1n) is 7.09. The van der Waals surface area contributed by atoms with Crippen molar-refractivity contribution in [3.05, 3.63) is 40.2 Å². The summed E-state index contributed by atoms with van der Waals surface area (Å²) in [6, 6.07) is 7.60. The molecule has 0 N–H and O–H groups in total. The zero-order chi connectivity index (χ0) is 15.5. The fourth-order valence-electron chi connectivity index (χ4n) is 2.53. The normalized spacial score (nSPS) is 14.1. The molecule has 0 fully saturated rings. The summed E-state index contributed by atoms with van der Waals surface area (Å²) in [4.78, 5) is 21.5. The van der Waals surface area contributed by atoms with Crippen molar-refractivity contribution in [2.75, 3.05) is 19.9 Å². The molecule has 0 atom stereocenters. The summed E-state index contributed by atoms with van der Waals surface area (Å²) in [5, 5.41) is 0.769. The number of hydrogen-bond acceptors (Lipinski definition) is 5. The summed E-state index contributed by atoms with van der Waals surface area (Å²) in [6.07, 6.45) is 2.57. The van der Waals surface area contributed by atoms with Gasteiger partial charge in [-0.15, -0.1) is 0 Å². The predicted molar refractivity (Wildman–Crippen MR) is 89.3 cm³/mol. The number of para-hydroxylation sites is 1. The Morgan fingerprint density at radius 2 is 2.23 bits per heavy atom. The van der Waals surface area contributed by atoms with Gasteiger partial charge in [0.2, 0.25) is 0 Å². The minimum atomic E-state index is -0.0382. The SMILES string of the molecule is C/N=C/c1c(-c2ccccc2OC)nc2n(c1=O)CCCS2. The van der Waals surface area contributed by atoms with Crippen molar-refractivity contribution in [2.45, 2.75) is 18.1 Å². The van der Waals surface area contributed by atoms with Crippen LogP contribution < -0.4 is 10.3 Å². The Bertz CT molecular complexity index is 783. The van der Waals surface area contributed by atoms with Gasteiger partial charge in [0, 0.05) is 31.1 Å². The zero-order valence-corrected chi connectivity index (χ0v) is 13.4. The summed E-state index contributed by atoms with van der Waals surface area (Å²) < 4.78 is 7.16. The van der Waals surface area contributed by atoms with Crippen molar-refractivity contribution < 1.29 is 4.74 Å². The Labute approximate surface area is 133 Å². The maximum absolute atomic E-state index is 12.8. The highest BCUT2D eigenvalue weighted by Crippen LogP contribution is 2.31. The van der Waals surface area contributed by atoms with Gasteiger partial charge < -0.3 is 4.74 Å². The molecule has 2 aromatic rings. The molecule has 0 unspecified atom stereocenters. The second kappa shape index (κ2) is 6.36. The zero-order valence-electron chi connectivity index (χ0n) is 12.6. The number of fused-ring (bicyclic) bond motifs is 1. The Morgan fingerprint density at radius 3 is 3.00 bits per heavy atom. The standard InChI is InChI=1S/C16H17N3O2S/c1-17-10-12-14(11-6-3-4-7-13(11)21-2)18-16-19(15(12)20)8-5-9-22-16/h3-4,6-7,10H,5,8-9H2,1-2H3/b17-10+. The second-order valence-corrected chi connectivity index (χ2v) is 5.97. The summed E-state index contributed by atoms with van der Waals surface area (Å²) >= 11 is 1.62. The summed E-state index contributed by atoms with van der Waals surface area (Å²) in [5.74, 6) is 1.69. The summed E-state index contributed by atoms with van der Waals surface area (Å²) in [7, 11) is 3.27. The van der Waals surface area contributed by atoms with E-state index in [4.69, 9.17) is 9.72 Å². The third-order valence-corrected chi connectivity index (χ3v) is 4.61.